The highest BCUT2D eigenvalue weighted by Gasteiger charge is 2.07. The first-order valence-electron chi connectivity index (χ1n) is 5.23. The molecular formula is C11H13N5O. The van der Waals surface area contributed by atoms with E-state index >= 15 is 0 Å². The van der Waals surface area contributed by atoms with E-state index in [0.29, 0.717) is 18.1 Å². The molecule has 2 aromatic rings. The molecule has 0 bridgehead atoms. The van der Waals surface area contributed by atoms with Crippen LogP contribution >= 0.6 is 0 Å². The van der Waals surface area contributed by atoms with Gasteiger partial charge in [0.25, 0.3) is 5.91 Å². The lowest BCUT2D eigenvalue weighted by Crippen LogP contribution is -2.26. The van der Waals surface area contributed by atoms with Gasteiger partial charge in [0.05, 0.1) is 0 Å². The zero-order valence-electron chi connectivity index (χ0n) is 9.18. The van der Waals surface area contributed by atoms with Crippen LogP contribution in [0.25, 0.3) is 0 Å². The van der Waals surface area contributed by atoms with Gasteiger partial charge in [0.15, 0.2) is 0 Å². The van der Waals surface area contributed by atoms with Crippen LogP contribution in [0, 0.1) is 0 Å². The molecule has 0 aliphatic carbocycles. The molecule has 0 saturated carbocycles. The van der Waals surface area contributed by atoms with Gasteiger partial charge in [-0.1, -0.05) is 6.07 Å². The predicted molar refractivity (Wildman–Crippen MR) is 63.3 cm³/mol. The number of pyridine rings is 1. The fourth-order valence-corrected chi connectivity index (χ4v) is 1.42. The first-order valence-corrected chi connectivity index (χ1v) is 5.23. The topological polar surface area (TPSA) is 96.7 Å². The fraction of sp³-hybridized carbons (Fsp3) is 0.182. The second-order valence-electron chi connectivity index (χ2n) is 3.57. The van der Waals surface area contributed by atoms with Crippen LogP contribution in [0.4, 0.5) is 5.82 Å². The molecule has 0 atom stereocenters. The number of carbonyl (C=O) groups is 1. The van der Waals surface area contributed by atoms with Crippen molar-refractivity contribution in [1.82, 2.24) is 20.5 Å². The van der Waals surface area contributed by atoms with Crippen molar-refractivity contribution in [1.29, 1.82) is 0 Å². The van der Waals surface area contributed by atoms with Crippen molar-refractivity contribution in [3.63, 3.8) is 0 Å². The standard InChI is InChI=1S/C11H13N5O/c12-10-6-9(15-16-10)11(17)14-5-3-8-2-1-4-13-7-8/h1-2,4,6-7H,3,5H2,(H,14,17)(H3,12,15,16). The number of carbonyl (C=O) groups excluding carboxylic acids is 1. The highest BCUT2D eigenvalue weighted by molar-refractivity contribution is 5.92. The van der Waals surface area contributed by atoms with Crippen LogP contribution in [-0.4, -0.2) is 27.6 Å². The molecule has 1 amide bonds. The van der Waals surface area contributed by atoms with Crippen LogP contribution in [0.3, 0.4) is 0 Å². The van der Waals surface area contributed by atoms with Gasteiger partial charge in [-0.2, -0.15) is 5.10 Å². The van der Waals surface area contributed by atoms with E-state index in [1.165, 1.54) is 6.07 Å². The van der Waals surface area contributed by atoms with Gasteiger partial charge in [0.2, 0.25) is 0 Å². The summed E-state index contributed by atoms with van der Waals surface area (Å²) in [4.78, 5) is 15.6. The van der Waals surface area contributed by atoms with Crippen LogP contribution in [0.5, 0.6) is 0 Å². The van der Waals surface area contributed by atoms with Gasteiger partial charge in [-0.05, 0) is 18.1 Å². The molecule has 4 N–H and O–H groups in total. The molecule has 0 saturated heterocycles. The lowest BCUT2D eigenvalue weighted by molar-refractivity contribution is 0.0949. The Morgan fingerprint density at radius 1 is 1.53 bits per heavy atom. The van der Waals surface area contributed by atoms with Crippen LogP contribution in [0.2, 0.25) is 0 Å². The Hall–Kier alpha value is -2.37. The summed E-state index contributed by atoms with van der Waals surface area (Å²) in [6, 6.07) is 5.33. The third-order valence-electron chi connectivity index (χ3n) is 2.26. The average Bonchev–Trinajstić information content (AvgIpc) is 2.77. The molecule has 0 aliphatic heterocycles. The monoisotopic (exact) mass is 231 g/mol. The van der Waals surface area contributed by atoms with Crippen LogP contribution in [-0.2, 0) is 6.42 Å². The Morgan fingerprint density at radius 3 is 3.06 bits per heavy atom. The third-order valence-corrected chi connectivity index (χ3v) is 2.26. The summed E-state index contributed by atoms with van der Waals surface area (Å²) < 4.78 is 0. The van der Waals surface area contributed by atoms with E-state index in [0.717, 1.165) is 12.0 Å². The maximum Gasteiger partial charge on any atom is 0.269 e. The van der Waals surface area contributed by atoms with E-state index in [2.05, 4.69) is 20.5 Å². The molecule has 0 aromatic carbocycles. The number of amides is 1. The van der Waals surface area contributed by atoms with Crippen molar-refractivity contribution in [3.8, 4) is 0 Å². The summed E-state index contributed by atoms with van der Waals surface area (Å²) in [5, 5.41) is 9.01. The van der Waals surface area contributed by atoms with Gasteiger partial charge >= 0.3 is 0 Å². The second-order valence-corrected chi connectivity index (χ2v) is 3.57. The number of nitrogens with two attached hydrogens (primary N) is 1. The molecule has 2 heterocycles. The largest absolute Gasteiger partial charge is 0.382 e. The number of nitrogen functional groups attached to an aromatic ring is 1. The van der Waals surface area contributed by atoms with Crippen LogP contribution in [0.15, 0.2) is 30.6 Å². The quantitative estimate of drug-likeness (QED) is 0.707. The van der Waals surface area contributed by atoms with E-state index < -0.39 is 0 Å². The zero-order valence-corrected chi connectivity index (χ0v) is 9.18. The van der Waals surface area contributed by atoms with Crippen molar-refractivity contribution in [2.24, 2.45) is 0 Å². The minimum absolute atomic E-state index is 0.210. The van der Waals surface area contributed by atoms with Gasteiger partial charge in [-0.3, -0.25) is 14.9 Å². The second kappa shape index (κ2) is 5.11. The number of nitrogens with one attached hydrogen (secondary N) is 2. The minimum atomic E-state index is -0.210. The molecule has 88 valence electrons. The summed E-state index contributed by atoms with van der Waals surface area (Å²) in [6.45, 7) is 0.545. The van der Waals surface area contributed by atoms with Gasteiger partial charge in [0.1, 0.15) is 11.5 Å². The third kappa shape index (κ3) is 3.04. The smallest absolute Gasteiger partial charge is 0.269 e. The molecule has 17 heavy (non-hydrogen) atoms. The Labute approximate surface area is 98.3 Å². The molecule has 0 fully saturated rings. The SMILES string of the molecule is Nc1cc(C(=O)NCCc2cccnc2)[nH]n1. The van der Waals surface area contributed by atoms with Gasteiger partial charge in [-0.25, -0.2) is 0 Å². The van der Waals surface area contributed by atoms with Crippen molar-refractivity contribution in [2.45, 2.75) is 6.42 Å². The molecular weight excluding hydrogens is 218 g/mol. The number of aromatic amines is 1. The fourth-order valence-electron chi connectivity index (χ4n) is 1.42. The number of aromatic nitrogens is 3. The van der Waals surface area contributed by atoms with Crippen molar-refractivity contribution in [2.75, 3.05) is 12.3 Å². The number of rotatable bonds is 4. The number of hydrogen-bond acceptors (Lipinski definition) is 4. The van der Waals surface area contributed by atoms with Crippen molar-refractivity contribution in [3.05, 3.63) is 41.9 Å². The number of nitrogens with zero attached hydrogens (tertiary/aromatic N) is 2. The Morgan fingerprint density at radius 2 is 2.41 bits per heavy atom. The van der Waals surface area contributed by atoms with Crippen LogP contribution < -0.4 is 11.1 Å². The molecule has 0 spiro atoms. The molecule has 0 radical (unpaired) electrons. The van der Waals surface area contributed by atoms with E-state index in [4.69, 9.17) is 5.73 Å². The minimum Gasteiger partial charge on any atom is -0.382 e. The first-order chi connectivity index (χ1) is 8.25. The predicted octanol–water partition coefficient (Wildman–Crippen LogP) is 0.359. The number of anilines is 1. The summed E-state index contributed by atoms with van der Waals surface area (Å²) in [5.74, 6) is 0.0977. The van der Waals surface area contributed by atoms with Gasteiger partial charge in [0, 0.05) is 25.0 Å². The summed E-state index contributed by atoms with van der Waals surface area (Å²) >= 11 is 0. The highest BCUT2D eigenvalue weighted by Crippen LogP contribution is 2.00. The summed E-state index contributed by atoms with van der Waals surface area (Å²) in [5.41, 5.74) is 6.86. The Kier molecular flexibility index (Phi) is 3.34. The number of H-pyrrole nitrogens is 1. The molecule has 6 nitrogen and oxygen atoms in total. The van der Waals surface area contributed by atoms with Gasteiger partial charge < -0.3 is 11.1 Å². The molecule has 2 rings (SSSR count). The zero-order chi connectivity index (χ0) is 12.1. The molecule has 0 aliphatic rings. The molecule has 0 unspecified atom stereocenters. The Bertz CT molecular complexity index is 494. The van der Waals surface area contributed by atoms with E-state index in [1.807, 2.05) is 12.1 Å². The van der Waals surface area contributed by atoms with E-state index in [-0.39, 0.29) is 5.91 Å². The summed E-state index contributed by atoms with van der Waals surface area (Å²) in [6.07, 6.45) is 4.24. The molecule has 2 aromatic heterocycles. The lowest BCUT2D eigenvalue weighted by atomic mass is 10.2. The number of hydrogen-bond donors (Lipinski definition) is 3. The maximum atomic E-state index is 11.6. The maximum absolute atomic E-state index is 11.6. The van der Waals surface area contributed by atoms with Gasteiger partial charge in [-0.15, -0.1) is 0 Å². The van der Waals surface area contributed by atoms with Crippen LogP contribution in [0.1, 0.15) is 16.1 Å². The summed E-state index contributed by atoms with van der Waals surface area (Å²) in [7, 11) is 0. The van der Waals surface area contributed by atoms with E-state index in [1.54, 1.807) is 12.4 Å². The average molecular weight is 231 g/mol. The van der Waals surface area contributed by atoms with Crippen molar-refractivity contribution >= 4 is 11.7 Å². The Balaban J connectivity index is 1.81. The first kappa shape index (κ1) is 11.1. The van der Waals surface area contributed by atoms with E-state index in [9.17, 15) is 4.79 Å². The highest BCUT2D eigenvalue weighted by atomic mass is 16.1. The normalized spacial score (nSPS) is 10.1. The molecule has 6 heteroatoms. The lowest BCUT2D eigenvalue weighted by Gasteiger charge is -2.02. The van der Waals surface area contributed by atoms with Crippen molar-refractivity contribution < 1.29 is 4.79 Å².